The summed E-state index contributed by atoms with van der Waals surface area (Å²) in [7, 11) is 1.52. The maximum atomic E-state index is 12.9. The van der Waals surface area contributed by atoms with Gasteiger partial charge in [0.2, 0.25) is 5.91 Å². The summed E-state index contributed by atoms with van der Waals surface area (Å²) in [5.41, 5.74) is 2.86. The van der Waals surface area contributed by atoms with Crippen LogP contribution in [0, 0.1) is 20.8 Å². The van der Waals surface area contributed by atoms with Crippen LogP contribution in [0.15, 0.2) is 29.3 Å². The molecule has 2 heterocycles. The Bertz CT molecular complexity index is 1150. The summed E-state index contributed by atoms with van der Waals surface area (Å²) in [6.07, 6.45) is 1.32. The monoisotopic (exact) mass is 429 g/mol. The topological polar surface area (TPSA) is 99.5 Å². The number of nitrogens with one attached hydrogen (secondary N) is 1. The van der Waals surface area contributed by atoms with Gasteiger partial charge < -0.3 is 14.8 Å². The first kappa shape index (κ1) is 21.7. The Labute approximate surface area is 177 Å². The molecule has 30 heavy (non-hydrogen) atoms. The van der Waals surface area contributed by atoms with Crippen LogP contribution in [-0.2, 0) is 20.8 Å². The zero-order valence-corrected chi connectivity index (χ0v) is 18.1. The Morgan fingerprint density at radius 1 is 1.13 bits per heavy atom. The number of hydrogen-bond acceptors (Lipinski definition) is 7. The number of methoxy groups -OCH3 is 1. The van der Waals surface area contributed by atoms with E-state index in [1.165, 1.54) is 18.0 Å². The van der Waals surface area contributed by atoms with Crippen LogP contribution in [0.5, 0.6) is 0 Å². The van der Waals surface area contributed by atoms with Gasteiger partial charge in [-0.25, -0.2) is 9.78 Å². The lowest BCUT2D eigenvalue weighted by Gasteiger charge is -2.09. The van der Waals surface area contributed by atoms with Crippen LogP contribution >= 0.6 is 11.3 Å². The van der Waals surface area contributed by atoms with Gasteiger partial charge in [-0.2, -0.15) is 0 Å². The van der Waals surface area contributed by atoms with Gasteiger partial charge in [0.25, 0.3) is 5.56 Å². The van der Waals surface area contributed by atoms with E-state index in [0.29, 0.717) is 26.3 Å². The van der Waals surface area contributed by atoms with Crippen LogP contribution < -0.4 is 10.9 Å². The van der Waals surface area contributed by atoms with E-state index in [0.717, 1.165) is 22.5 Å². The normalized spacial score (nSPS) is 10.9. The largest absolute Gasteiger partial charge is 0.459 e. The lowest BCUT2D eigenvalue weighted by atomic mass is 10.1. The summed E-state index contributed by atoms with van der Waals surface area (Å²) in [4.78, 5) is 42.7. The van der Waals surface area contributed by atoms with Crippen LogP contribution in [0.1, 0.15) is 26.4 Å². The molecule has 0 unspecified atom stereocenters. The van der Waals surface area contributed by atoms with Gasteiger partial charge in [-0.05, 0) is 49.6 Å². The number of carbonyl (C=O) groups is 2. The number of carbonyl (C=O) groups excluding carboxylic acids is 2. The van der Waals surface area contributed by atoms with E-state index in [1.807, 2.05) is 32.0 Å². The zero-order valence-electron chi connectivity index (χ0n) is 17.3. The molecule has 0 fully saturated rings. The molecule has 0 saturated carbocycles. The molecule has 0 aliphatic carbocycles. The molecule has 3 aromatic rings. The van der Waals surface area contributed by atoms with E-state index < -0.39 is 5.97 Å². The van der Waals surface area contributed by atoms with E-state index >= 15 is 0 Å². The molecule has 1 aromatic carbocycles. The van der Waals surface area contributed by atoms with Gasteiger partial charge in [0, 0.05) is 12.8 Å². The molecule has 0 spiro atoms. The first-order valence-electron chi connectivity index (χ1n) is 9.33. The fraction of sp³-hybridized carbons (Fsp3) is 0.333. The second-order valence-electron chi connectivity index (χ2n) is 6.97. The van der Waals surface area contributed by atoms with Gasteiger partial charge >= 0.3 is 5.97 Å². The molecule has 0 radical (unpaired) electrons. The Morgan fingerprint density at radius 3 is 2.50 bits per heavy atom. The maximum absolute atomic E-state index is 12.9. The molecular weight excluding hydrogens is 406 g/mol. The minimum absolute atomic E-state index is 0.124. The highest BCUT2D eigenvalue weighted by Crippen LogP contribution is 2.27. The molecule has 1 amide bonds. The van der Waals surface area contributed by atoms with Crippen LogP contribution in [0.2, 0.25) is 0 Å². The zero-order chi connectivity index (χ0) is 21.8. The molecule has 0 aliphatic heterocycles. The molecule has 8 nitrogen and oxygen atoms in total. The van der Waals surface area contributed by atoms with Gasteiger partial charge in [-0.15, -0.1) is 11.3 Å². The summed E-state index contributed by atoms with van der Waals surface area (Å²) in [5, 5.41) is 3.12. The quantitative estimate of drug-likeness (QED) is 0.458. The first-order chi connectivity index (χ1) is 14.3. The fourth-order valence-corrected chi connectivity index (χ4v) is 4.18. The highest BCUT2D eigenvalue weighted by molar-refractivity contribution is 7.20. The van der Waals surface area contributed by atoms with Crippen LogP contribution in [0.3, 0.4) is 0 Å². The number of nitrogens with zero attached hydrogens (tertiary/aromatic N) is 2. The van der Waals surface area contributed by atoms with Crippen LogP contribution in [0.25, 0.3) is 10.2 Å². The number of hydrogen-bond donors (Lipinski definition) is 1. The van der Waals surface area contributed by atoms with Crippen molar-refractivity contribution in [2.45, 2.75) is 27.3 Å². The molecule has 1 N–H and O–H groups in total. The molecule has 9 heteroatoms. The molecule has 3 rings (SSSR count). The molecule has 158 valence electrons. The van der Waals surface area contributed by atoms with E-state index in [1.54, 1.807) is 6.92 Å². The van der Waals surface area contributed by atoms with Crippen molar-refractivity contribution in [1.29, 1.82) is 0 Å². The molecule has 0 aliphatic rings. The van der Waals surface area contributed by atoms with Gasteiger partial charge in [0.1, 0.15) is 22.9 Å². The highest BCUT2D eigenvalue weighted by Gasteiger charge is 2.21. The van der Waals surface area contributed by atoms with Crippen molar-refractivity contribution in [2.75, 3.05) is 25.6 Å². The summed E-state index contributed by atoms with van der Waals surface area (Å²) in [5.74, 6) is -0.860. The molecule has 0 bridgehead atoms. The van der Waals surface area contributed by atoms with E-state index in [2.05, 4.69) is 10.3 Å². The van der Waals surface area contributed by atoms with E-state index in [-0.39, 0.29) is 31.2 Å². The number of aryl methyl sites for hydroxylation is 3. The Hall–Kier alpha value is -3.04. The van der Waals surface area contributed by atoms with E-state index in [9.17, 15) is 14.4 Å². The second kappa shape index (κ2) is 9.19. The van der Waals surface area contributed by atoms with Gasteiger partial charge in [-0.3, -0.25) is 14.2 Å². The van der Waals surface area contributed by atoms with Crippen molar-refractivity contribution in [1.82, 2.24) is 9.55 Å². The fourth-order valence-electron chi connectivity index (χ4n) is 3.15. The number of anilines is 1. The number of amides is 1. The minimum atomic E-state index is -0.522. The number of rotatable bonds is 7. The van der Waals surface area contributed by atoms with Gasteiger partial charge in [0.15, 0.2) is 0 Å². The van der Waals surface area contributed by atoms with Crippen LogP contribution in [-0.4, -0.2) is 41.8 Å². The number of aromatic nitrogens is 2. The summed E-state index contributed by atoms with van der Waals surface area (Å²) in [6.45, 7) is 5.80. The number of esters is 1. The Kier molecular flexibility index (Phi) is 6.63. The lowest BCUT2D eigenvalue weighted by Crippen LogP contribution is -2.28. The lowest BCUT2D eigenvalue weighted by molar-refractivity contribution is -0.116. The maximum Gasteiger partial charge on any atom is 0.348 e. The number of thiophene rings is 1. The van der Waals surface area contributed by atoms with Crippen molar-refractivity contribution in [3.05, 3.63) is 56.4 Å². The number of ether oxygens (including phenoxy) is 2. The smallest absolute Gasteiger partial charge is 0.348 e. The number of benzene rings is 1. The van der Waals surface area contributed by atoms with Crippen LogP contribution in [0.4, 0.5) is 5.69 Å². The summed E-state index contributed by atoms with van der Waals surface area (Å²) >= 11 is 1.10. The predicted molar refractivity (Wildman–Crippen MR) is 115 cm³/mol. The molecular formula is C21H23N3O5S. The highest BCUT2D eigenvalue weighted by atomic mass is 32.1. The van der Waals surface area contributed by atoms with Gasteiger partial charge in [0.05, 0.1) is 18.3 Å². The Balaban J connectivity index is 1.82. The standard InChI is InChI=1S/C21H23N3O5S/c1-12-7-13(2)9-15(8-12)23-16(25)10-24-11-22-19-17(20(24)26)14(3)18(30-19)21(27)29-6-5-28-4/h7-9,11H,5-6,10H2,1-4H3,(H,23,25). The SMILES string of the molecule is COCCOC(=O)c1sc2ncn(CC(=O)Nc3cc(C)cc(C)c3)c(=O)c2c1C. The van der Waals surface area contributed by atoms with Crippen molar-refractivity contribution in [3.8, 4) is 0 Å². The van der Waals surface area contributed by atoms with Gasteiger partial charge in [-0.1, -0.05) is 6.07 Å². The van der Waals surface area contributed by atoms with Crippen molar-refractivity contribution < 1.29 is 19.1 Å². The molecule has 0 saturated heterocycles. The third-order valence-corrected chi connectivity index (χ3v) is 5.62. The van der Waals surface area contributed by atoms with E-state index in [4.69, 9.17) is 9.47 Å². The van der Waals surface area contributed by atoms with Crippen molar-refractivity contribution in [2.24, 2.45) is 0 Å². The number of fused-ring (bicyclic) bond motifs is 1. The third kappa shape index (κ3) is 4.74. The Morgan fingerprint density at radius 2 is 1.83 bits per heavy atom. The molecule has 2 aromatic heterocycles. The van der Waals surface area contributed by atoms with Crippen molar-refractivity contribution >= 4 is 39.1 Å². The predicted octanol–water partition coefficient (Wildman–Crippen LogP) is 2.83. The first-order valence-corrected chi connectivity index (χ1v) is 10.1. The third-order valence-electron chi connectivity index (χ3n) is 4.44. The second-order valence-corrected chi connectivity index (χ2v) is 7.97. The summed E-state index contributed by atoms with van der Waals surface area (Å²) < 4.78 is 11.2. The minimum Gasteiger partial charge on any atom is -0.459 e. The average Bonchev–Trinajstić information content (AvgIpc) is 3.00. The molecule has 0 atom stereocenters. The average molecular weight is 429 g/mol. The van der Waals surface area contributed by atoms with Crippen molar-refractivity contribution in [3.63, 3.8) is 0 Å². The summed E-state index contributed by atoms with van der Waals surface area (Å²) in [6, 6.07) is 5.73.